The van der Waals surface area contributed by atoms with Gasteiger partial charge in [-0.05, 0) is 42.5 Å². The third kappa shape index (κ3) is 10.3. The van der Waals surface area contributed by atoms with Gasteiger partial charge in [-0.25, -0.2) is 12.2 Å². The molecular formula is C47H40Cl2Zr-2. The Kier molecular flexibility index (Phi) is 15.2. The zero-order chi connectivity index (χ0) is 33.1. The van der Waals surface area contributed by atoms with Gasteiger partial charge in [0.1, 0.15) is 0 Å². The number of hydrogen-bond donors (Lipinski definition) is 0. The van der Waals surface area contributed by atoms with Crippen LogP contribution in [0.1, 0.15) is 39.8 Å². The van der Waals surface area contributed by atoms with Gasteiger partial charge in [0.2, 0.25) is 0 Å². The van der Waals surface area contributed by atoms with E-state index in [1.165, 1.54) is 66.8 Å². The second-order valence-electron chi connectivity index (χ2n) is 12.4. The van der Waals surface area contributed by atoms with Crippen LogP contribution >= 0.6 is 0 Å². The molecule has 2 aliphatic carbocycles. The van der Waals surface area contributed by atoms with E-state index in [2.05, 4.69) is 172 Å². The van der Waals surface area contributed by atoms with Crippen LogP contribution in [0.25, 0.3) is 33.4 Å². The Labute approximate surface area is 326 Å². The van der Waals surface area contributed by atoms with Crippen LogP contribution in [-0.2, 0) is 43.5 Å². The average Bonchev–Trinajstić information content (AvgIpc) is 3.82. The molecule has 0 fully saturated rings. The number of rotatable bonds is 6. The summed E-state index contributed by atoms with van der Waals surface area (Å²) in [6, 6.07) is 53.6. The Balaban J connectivity index is 0.000000208. The fourth-order valence-corrected chi connectivity index (χ4v) is 7.31. The third-order valence-electron chi connectivity index (χ3n) is 8.79. The number of aryl methyl sites for hydroxylation is 2. The minimum atomic E-state index is 0. The molecule has 0 aromatic heterocycles. The average molecular weight is 767 g/mol. The molecule has 0 unspecified atom stereocenters. The van der Waals surface area contributed by atoms with Crippen molar-refractivity contribution >= 4 is 3.21 Å². The van der Waals surface area contributed by atoms with Crippen LogP contribution in [0.4, 0.5) is 0 Å². The molecule has 3 heteroatoms. The maximum atomic E-state index is 3.70. The van der Waals surface area contributed by atoms with E-state index in [1.807, 2.05) is 12.2 Å². The third-order valence-corrected chi connectivity index (χ3v) is 9.66. The predicted octanol–water partition coefficient (Wildman–Crippen LogP) is 5.51. The van der Waals surface area contributed by atoms with Crippen LogP contribution in [0.2, 0.25) is 0 Å². The first-order valence-electron chi connectivity index (χ1n) is 16.7. The zero-order valence-corrected chi connectivity index (χ0v) is 32.6. The number of halogens is 2. The molecule has 0 heterocycles. The van der Waals surface area contributed by atoms with Gasteiger partial charge < -0.3 is 24.8 Å². The molecule has 0 radical (unpaired) electrons. The van der Waals surface area contributed by atoms with Crippen molar-refractivity contribution in [2.75, 3.05) is 0 Å². The van der Waals surface area contributed by atoms with E-state index < -0.39 is 0 Å². The Morgan fingerprint density at radius 2 is 1.16 bits per heavy atom. The molecule has 0 atom stereocenters. The van der Waals surface area contributed by atoms with Crippen molar-refractivity contribution in [3.63, 3.8) is 0 Å². The minimum absolute atomic E-state index is 0. The van der Waals surface area contributed by atoms with E-state index in [1.54, 1.807) is 27.4 Å². The first-order chi connectivity index (χ1) is 23.5. The van der Waals surface area contributed by atoms with Gasteiger partial charge in [0, 0.05) is 0 Å². The number of benzene rings is 6. The van der Waals surface area contributed by atoms with Gasteiger partial charge in [0.15, 0.2) is 0 Å². The molecule has 0 saturated carbocycles. The van der Waals surface area contributed by atoms with Crippen molar-refractivity contribution < 1.29 is 49.0 Å². The van der Waals surface area contributed by atoms with Gasteiger partial charge in [-0.1, -0.05) is 89.0 Å². The summed E-state index contributed by atoms with van der Waals surface area (Å²) in [6.45, 7) is 4.35. The molecule has 0 N–H and O–H groups in total. The summed E-state index contributed by atoms with van der Waals surface area (Å²) < 4.78 is 1.60. The molecule has 0 amide bonds. The summed E-state index contributed by atoms with van der Waals surface area (Å²) in [4.78, 5) is 0. The monoisotopic (exact) mass is 764 g/mol. The number of fused-ring (bicyclic) bond motifs is 3. The summed E-state index contributed by atoms with van der Waals surface area (Å²) in [5.74, 6) is 0. The summed E-state index contributed by atoms with van der Waals surface area (Å²) in [5.41, 5.74) is 16.0. The molecule has 50 heavy (non-hydrogen) atoms. The first kappa shape index (κ1) is 38.9. The summed E-state index contributed by atoms with van der Waals surface area (Å²) >= 11 is 1.55. The Morgan fingerprint density at radius 1 is 0.600 bits per heavy atom. The molecule has 8 rings (SSSR count). The number of hydrogen-bond acceptors (Lipinski definition) is 0. The van der Waals surface area contributed by atoms with Gasteiger partial charge >= 0.3 is 112 Å². The molecule has 0 nitrogen and oxygen atoms in total. The van der Waals surface area contributed by atoms with Crippen LogP contribution in [0.3, 0.4) is 0 Å². The van der Waals surface area contributed by atoms with Crippen LogP contribution in [0.5, 0.6) is 0 Å². The SMILES string of the molecule is Cc1ccccc1-c1[c-]c2c(cc1)-c1ccc(-c3ccccc3C)cc1C2.[C-]1=CC=CC1.[Cl-].[Cl-].[Zr+2]=[C](Cc1ccccc1)Cc1ccccc1. The van der Waals surface area contributed by atoms with E-state index in [-0.39, 0.29) is 24.8 Å². The van der Waals surface area contributed by atoms with Crippen LogP contribution in [-0.4, -0.2) is 3.21 Å². The molecular weight excluding hydrogens is 727 g/mol. The van der Waals surface area contributed by atoms with E-state index in [4.69, 9.17) is 0 Å². The van der Waals surface area contributed by atoms with Gasteiger partial charge in [-0.2, -0.15) is 6.08 Å². The molecule has 0 bridgehead atoms. The van der Waals surface area contributed by atoms with E-state index in [0.717, 1.165) is 25.7 Å². The first-order valence-corrected chi connectivity index (χ1v) is 17.9. The maximum absolute atomic E-state index is 3.70. The van der Waals surface area contributed by atoms with Crippen molar-refractivity contribution in [3.05, 3.63) is 203 Å². The van der Waals surface area contributed by atoms with Gasteiger partial charge in [-0.3, -0.25) is 6.08 Å². The molecule has 0 saturated heterocycles. The van der Waals surface area contributed by atoms with Crippen LogP contribution < -0.4 is 24.8 Å². The molecule has 6 aromatic carbocycles. The topological polar surface area (TPSA) is 0 Å². The van der Waals surface area contributed by atoms with Crippen molar-refractivity contribution in [3.8, 4) is 33.4 Å². The predicted molar refractivity (Wildman–Crippen MR) is 201 cm³/mol. The quantitative estimate of drug-likeness (QED) is 0.196. The standard InChI is InChI=1S/C27H21.C15H14.C5H5.2ClH.Zr/c1-18-7-3-5-9-24(18)20-11-13-26-22(15-20)17-23-16-21(12-14-27(23)26)25-10-6-4-8-19(25)2;1-3-8-14(9-4-1)12-7-13-15-10-5-2-6-11-15;1-2-4-5-3-1;;;/h3-15H,17H2,1-2H3;1-6,8-11H,12-13H2;1-3H,4H2;2*1H;/q-1;;-1;;;+2/p-2. The van der Waals surface area contributed by atoms with E-state index in [9.17, 15) is 0 Å². The van der Waals surface area contributed by atoms with Crippen LogP contribution in [0.15, 0.2) is 158 Å². The Morgan fingerprint density at radius 3 is 1.70 bits per heavy atom. The van der Waals surface area contributed by atoms with Crippen molar-refractivity contribution in [2.45, 2.75) is 39.5 Å². The number of allylic oxidation sites excluding steroid dienone is 4. The van der Waals surface area contributed by atoms with Crippen molar-refractivity contribution in [2.24, 2.45) is 0 Å². The summed E-state index contributed by atoms with van der Waals surface area (Å²) in [5, 5.41) is 0. The zero-order valence-electron chi connectivity index (χ0n) is 28.6. The molecule has 248 valence electrons. The fourth-order valence-electron chi connectivity index (χ4n) is 6.31. The van der Waals surface area contributed by atoms with Gasteiger partial charge in [0.25, 0.3) is 0 Å². The van der Waals surface area contributed by atoms with Crippen molar-refractivity contribution in [1.29, 1.82) is 0 Å². The Bertz CT molecular complexity index is 1910. The summed E-state index contributed by atoms with van der Waals surface area (Å²) in [6.07, 6.45) is 13.2. The fraction of sp³-hybridized carbons (Fsp3) is 0.128. The van der Waals surface area contributed by atoms with E-state index >= 15 is 0 Å². The van der Waals surface area contributed by atoms with Gasteiger partial charge in [0.05, 0.1) is 0 Å². The molecule has 6 aromatic rings. The Hall–Kier alpha value is -3.87. The normalized spacial score (nSPS) is 11.4. The van der Waals surface area contributed by atoms with E-state index in [0.29, 0.717) is 0 Å². The van der Waals surface area contributed by atoms with Crippen molar-refractivity contribution in [1.82, 2.24) is 0 Å². The molecule has 2 aliphatic rings. The second kappa shape index (κ2) is 19.5. The second-order valence-corrected chi connectivity index (χ2v) is 14.1. The molecule has 0 spiro atoms. The van der Waals surface area contributed by atoms with Crippen LogP contribution in [0, 0.1) is 26.0 Å². The summed E-state index contributed by atoms with van der Waals surface area (Å²) in [7, 11) is 0. The van der Waals surface area contributed by atoms with Gasteiger partial charge in [-0.15, -0.1) is 35.7 Å². The molecule has 0 aliphatic heterocycles.